The first-order valence-electron chi connectivity index (χ1n) is 7.86. The zero-order valence-electron chi connectivity index (χ0n) is 13.1. The lowest BCUT2D eigenvalue weighted by molar-refractivity contribution is 0.247. The van der Waals surface area contributed by atoms with Crippen LogP contribution in [0.1, 0.15) is 36.5 Å². The van der Waals surface area contributed by atoms with E-state index in [0.717, 1.165) is 24.9 Å². The Morgan fingerprint density at radius 1 is 1.05 bits per heavy atom. The molecule has 1 saturated carbocycles. The minimum absolute atomic E-state index is 0.137. The molecule has 3 nitrogen and oxygen atoms in total. The Morgan fingerprint density at radius 2 is 1.68 bits per heavy atom. The Morgan fingerprint density at radius 3 is 2.23 bits per heavy atom. The highest BCUT2D eigenvalue weighted by atomic mass is 16.2. The number of amides is 2. The van der Waals surface area contributed by atoms with Crippen molar-refractivity contribution in [2.24, 2.45) is 0 Å². The highest BCUT2D eigenvalue weighted by Crippen LogP contribution is 2.45. The second-order valence-corrected chi connectivity index (χ2v) is 6.08. The standard InChI is InChI=1S/C19H22N2O/c1-3-15-6-10-17(11-7-15)20-18(22)21-19(12-13-19)16-8-4-14(2)5-9-16/h4-11H,3,12-13H2,1-2H3,(H2,20,21,22). The fourth-order valence-electron chi connectivity index (χ4n) is 2.69. The first-order valence-corrected chi connectivity index (χ1v) is 7.86. The molecule has 1 aliphatic rings. The van der Waals surface area contributed by atoms with E-state index in [1.807, 2.05) is 24.3 Å². The number of hydrogen-bond donors (Lipinski definition) is 2. The number of urea groups is 1. The molecule has 3 heteroatoms. The molecule has 0 heterocycles. The summed E-state index contributed by atoms with van der Waals surface area (Å²) in [5.74, 6) is 0. The molecule has 2 N–H and O–H groups in total. The number of carbonyl (C=O) groups excluding carboxylic acids is 1. The summed E-state index contributed by atoms with van der Waals surface area (Å²) in [5, 5.41) is 6.05. The van der Waals surface area contributed by atoms with Crippen molar-refractivity contribution >= 4 is 11.7 Å². The number of benzene rings is 2. The molecule has 0 spiro atoms. The zero-order valence-corrected chi connectivity index (χ0v) is 13.1. The molecule has 3 rings (SSSR count). The number of carbonyl (C=O) groups is 1. The van der Waals surface area contributed by atoms with E-state index >= 15 is 0 Å². The predicted octanol–water partition coefficient (Wildman–Crippen LogP) is 4.37. The average molecular weight is 294 g/mol. The van der Waals surface area contributed by atoms with Gasteiger partial charge in [0.15, 0.2) is 0 Å². The molecule has 0 aliphatic heterocycles. The van der Waals surface area contributed by atoms with Gasteiger partial charge in [-0.25, -0.2) is 4.79 Å². The second-order valence-electron chi connectivity index (χ2n) is 6.08. The van der Waals surface area contributed by atoms with Gasteiger partial charge in [0.05, 0.1) is 5.54 Å². The van der Waals surface area contributed by atoms with Gasteiger partial charge in [0.25, 0.3) is 0 Å². The lowest BCUT2D eigenvalue weighted by Crippen LogP contribution is -2.38. The summed E-state index contributed by atoms with van der Waals surface area (Å²) in [4.78, 5) is 12.2. The maximum Gasteiger partial charge on any atom is 0.319 e. The SMILES string of the molecule is CCc1ccc(NC(=O)NC2(c3ccc(C)cc3)CC2)cc1. The maximum atomic E-state index is 12.2. The van der Waals surface area contributed by atoms with Crippen LogP contribution in [0.25, 0.3) is 0 Å². The number of nitrogens with one attached hydrogen (secondary N) is 2. The summed E-state index contributed by atoms with van der Waals surface area (Å²) < 4.78 is 0. The topological polar surface area (TPSA) is 41.1 Å². The largest absolute Gasteiger partial charge is 0.328 e. The minimum atomic E-state index is -0.179. The van der Waals surface area contributed by atoms with Crippen molar-refractivity contribution in [3.63, 3.8) is 0 Å². The van der Waals surface area contributed by atoms with Crippen LogP contribution in [0.4, 0.5) is 10.5 Å². The van der Waals surface area contributed by atoms with E-state index in [2.05, 4.69) is 48.7 Å². The van der Waals surface area contributed by atoms with E-state index in [9.17, 15) is 4.79 Å². The Bertz CT molecular complexity index is 655. The van der Waals surface area contributed by atoms with E-state index in [-0.39, 0.29) is 11.6 Å². The van der Waals surface area contributed by atoms with Crippen molar-refractivity contribution in [2.75, 3.05) is 5.32 Å². The monoisotopic (exact) mass is 294 g/mol. The molecule has 2 aromatic carbocycles. The summed E-state index contributed by atoms with van der Waals surface area (Å²) in [7, 11) is 0. The third kappa shape index (κ3) is 3.14. The number of hydrogen-bond acceptors (Lipinski definition) is 1. The summed E-state index contributed by atoms with van der Waals surface area (Å²) in [6.45, 7) is 4.19. The molecule has 114 valence electrons. The van der Waals surface area contributed by atoms with Gasteiger partial charge >= 0.3 is 6.03 Å². The van der Waals surface area contributed by atoms with Crippen LogP contribution in [0.5, 0.6) is 0 Å². The van der Waals surface area contributed by atoms with Gasteiger partial charge in [-0.3, -0.25) is 0 Å². The normalized spacial score (nSPS) is 15.2. The van der Waals surface area contributed by atoms with Crippen molar-refractivity contribution in [1.82, 2.24) is 5.32 Å². The molecule has 0 radical (unpaired) electrons. The molecular weight excluding hydrogens is 272 g/mol. The summed E-state index contributed by atoms with van der Waals surface area (Å²) >= 11 is 0. The van der Waals surface area contributed by atoms with Crippen molar-refractivity contribution in [1.29, 1.82) is 0 Å². The predicted molar refractivity (Wildman–Crippen MR) is 90.1 cm³/mol. The fraction of sp³-hybridized carbons (Fsp3) is 0.316. The molecule has 1 fully saturated rings. The third-order valence-corrected chi connectivity index (χ3v) is 4.33. The van der Waals surface area contributed by atoms with Gasteiger partial charge in [0.1, 0.15) is 0 Å². The fourth-order valence-corrected chi connectivity index (χ4v) is 2.69. The minimum Gasteiger partial charge on any atom is -0.328 e. The Hall–Kier alpha value is -2.29. The summed E-state index contributed by atoms with van der Waals surface area (Å²) in [6, 6.07) is 16.3. The average Bonchev–Trinajstić information content (AvgIpc) is 3.29. The van der Waals surface area contributed by atoms with Crippen LogP contribution >= 0.6 is 0 Å². The highest BCUT2D eigenvalue weighted by molar-refractivity contribution is 5.90. The molecule has 0 saturated heterocycles. The van der Waals surface area contributed by atoms with Crippen LogP contribution in [0.2, 0.25) is 0 Å². The van der Waals surface area contributed by atoms with Crippen LogP contribution in [-0.2, 0) is 12.0 Å². The van der Waals surface area contributed by atoms with Gasteiger partial charge in [0.2, 0.25) is 0 Å². The van der Waals surface area contributed by atoms with E-state index in [4.69, 9.17) is 0 Å². The number of anilines is 1. The maximum absolute atomic E-state index is 12.2. The molecule has 0 bridgehead atoms. The number of rotatable bonds is 4. The smallest absolute Gasteiger partial charge is 0.319 e. The quantitative estimate of drug-likeness (QED) is 0.864. The number of aryl methyl sites for hydroxylation is 2. The van der Waals surface area contributed by atoms with Crippen molar-refractivity contribution in [3.8, 4) is 0 Å². The first-order chi connectivity index (χ1) is 10.6. The van der Waals surface area contributed by atoms with E-state index in [0.29, 0.717) is 0 Å². The van der Waals surface area contributed by atoms with Crippen molar-refractivity contribution < 1.29 is 4.79 Å². The lowest BCUT2D eigenvalue weighted by Gasteiger charge is -2.18. The van der Waals surface area contributed by atoms with Crippen LogP contribution in [0.3, 0.4) is 0 Å². The van der Waals surface area contributed by atoms with Gasteiger partial charge < -0.3 is 10.6 Å². The van der Waals surface area contributed by atoms with E-state index in [1.165, 1.54) is 16.7 Å². The van der Waals surface area contributed by atoms with Crippen LogP contribution in [-0.4, -0.2) is 6.03 Å². The summed E-state index contributed by atoms with van der Waals surface area (Å²) in [5.41, 5.74) is 4.34. The van der Waals surface area contributed by atoms with Crippen LogP contribution in [0, 0.1) is 6.92 Å². The van der Waals surface area contributed by atoms with Crippen LogP contribution < -0.4 is 10.6 Å². The Kier molecular flexibility index (Phi) is 3.88. The molecule has 1 aliphatic carbocycles. The highest BCUT2D eigenvalue weighted by Gasteiger charge is 2.45. The molecular formula is C19H22N2O. The molecule has 0 atom stereocenters. The van der Waals surface area contributed by atoms with Gasteiger partial charge in [-0.15, -0.1) is 0 Å². The Balaban J connectivity index is 1.64. The second kappa shape index (κ2) is 5.84. The summed E-state index contributed by atoms with van der Waals surface area (Å²) in [6.07, 6.45) is 3.00. The molecule has 0 unspecified atom stereocenters. The molecule has 0 aromatic heterocycles. The van der Waals surface area contributed by atoms with Gasteiger partial charge in [-0.2, -0.15) is 0 Å². The Labute approximate surface area is 131 Å². The molecule has 22 heavy (non-hydrogen) atoms. The van der Waals surface area contributed by atoms with Gasteiger partial charge in [0, 0.05) is 5.69 Å². The molecule has 2 aromatic rings. The lowest BCUT2D eigenvalue weighted by atomic mass is 10.0. The first kappa shape index (κ1) is 14.6. The van der Waals surface area contributed by atoms with Crippen LogP contribution in [0.15, 0.2) is 48.5 Å². The third-order valence-electron chi connectivity index (χ3n) is 4.33. The van der Waals surface area contributed by atoms with Crippen molar-refractivity contribution in [3.05, 3.63) is 65.2 Å². The molecule has 2 amide bonds. The van der Waals surface area contributed by atoms with Gasteiger partial charge in [-0.05, 0) is 49.4 Å². The van der Waals surface area contributed by atoms with Gasteiger partial charge in [-0.1, -0.05) is 48.9 Å². The van der Waals surface area contributed by atoms with E-state index in [1.54, 1.807) is 0 Å². The zero-order chi connectivity index (χ0) is 15.6. The van der Waals surface area contributed by atoms with Crippen molar-refractivity contribution in [2.45, 2.75) is 38.6 Å². The van der Waals surface area contributed by atoms with E-state index < -0.39 is 0 Å².